The Labute approximate surface area is 489 Å². The van der Waals surface area contributed by atoms with Crippen LogP contribution in [-0.4, -0.2) is 23.7 Å². The molecule has 398 valence electrons. The second-order valence-corrected chi connectivity index (χ2v) is 23.3. The van der Waals surface area contributed by atoms with Gasteiger partial charge in [0.25, 0.3) is 0 Å². The van der Waals surface area contributed by atoms with E-state index >= 15 is 0 Å². The van der Waals surface area contributed by atoms with Crippen molar-refractivity contribution in [1.29, 1.82) is 0 Å². The van der Waals surface area contributed by atoms with Crippen molar-refractivity contribution < 1.29 is 4.42 Å². The molecule has 5 heterocycles. The number of furan rings is 1. The van der Waals surface area contributed by atoms with E-state index in [1.54, 1.807) is 0 Å². The van der Waals surface area contributed by atoms with Crippen LogP contribution in [0.4, 0.5) is 0 Å². The van der Waals surface area contributed by atoms with Crippen LogP contribution < -0.4 is 0 Å². The molecule has 0 saturated carbocycles. The summed E-state index contributed by atoms with van der Waals surface area (Å²) in [5.74, 6) is 0.616. The number of hydrogen-bond donors (Lipinski definition) is 0. The van der Waals surface area contributed by atoms with Crippen LogP contribution in [-0.2, 0) is 5.41 Å². The van der Waals surface area contributed by atoms with E-state index in [2.05, 4.69) is 294 Å². The largest absolute Gasteiger partial charge is 0.456 e. The van der Waals surface area contributed by atoms with Gasteiger partial charge < -0.3 is 13.6 Å². The fourth-order valence-corrected chi connectivity index (χ4v) is 14.2. The molecule has 0 atom stereocenters. The fourth-order valence-electron chi connectivity index (χ4n) is 14.2. The minimum Gasteiger partial charge on any atom is -0.456 e. The van der Waals surface area contributed by atoms with E-state index in [1.165, 1.54) is 54.9 Å². The van der Waals surface area contributed by atoms with Gasteiger partial charge in [-0.2, -0.15) is 0 Å². The Balaban J connectivity index is 0.846. The molecule has 0 amide bonds. The van der Waals surface area contributed by atoms with Crippen LogP contribution in [0.5, 0.6) is 0 Å². The van der Waals surface area contributed by atoms with E-state index in [4.69, 9.17) is 14.4 Å². The maximum atomic E-state index is 6.48. The van der Waals surface area contributed by atoms with E-state index in [-0.39, 0.29) is 5.41 Å². The highest BCUT2D eigenvalue weighted by atomic mass is 16.3. The summed E-state index contributed by atoms with van der Waals surface area (Å²) in [5, 5.41) is 9.30. The molecule has 1 aliphatic carbocycles. The van der Waals surface area contributed by atoms with Crippen LogP contribution in [0.15, 0.2) is 277 Å². The number of aromatic nitrogens is 5. The van der Waals surface area contributed by atoms with Crippen LogP contribution in [0, 0.1) is 0 Å². The SMILES string of the molecule is CC1(C)c2ccc(-c3ccc4c(c3)c3cc(-c5ccc6c(c5)c5cc7c(cc5n6-c5nc(-c6ccccc6)cc(-c6ccccc6)n5)c5ccccc5n7-c5ccccc5)ccc3n4-c3ccccc3)cc2-c2cc3oc4ccccc4c3cc21. The van der Waals surface area contributed by atoms with Gasteiger partial charge in [0, 0.05) is 71.0 Å². The van der Waals surface area contributed by atoms with Crippen molar-refractivity contribution in [3.63, 3.8) is 0 Å². The standard InChI is InChI=1S/C79H51N5O/c1-79(2)66-35-31-50(39-58(66)59-46-77-65(43-67(59)79)57-28-16-18-30-76(57)85-77)51-32-36-71-60(40-51)61-41-52(33-37-72(61)82(71)54-23-11-5-12-24-54)53-34-38-73-62(42-53)64-45-74-63(56-27-15-17-29-70(56)83(74)55-25-13-6-14-26-55)44-75(64)84(73)78-80-68(48-19-7-3-8-20-48)47-69(81-78)49-21-9-4-10-22-49/h3-47H,1-2H3. The Kier molecular flexibility index (Phi) is 10.0. The second-order valence-electron chi connectivity index (χ2n) is 23.3. The first kappa shape index (κ1) is 47.5. The third kappa shape index (κ3) is 7.12. The number of hydrogen-bond acceptors (Lipinski definition) is 3. The second kappa shape index (κ2) is 18.0. The van der Waals surface area contributed by atoms with Gasteiger partial charge in [0.15, 0.2) is 0 Å². The van der Waals surface area contributed by atoms with Crippen molar-refractivity contribution in [2.24, 2.45) is 0 Å². The van der Waals surface area contributed by atoms with Crippen molar-refractivity contribution in [3.05, 3.63) is 284 Å². The van der Waals surface area contributed by atoms with Gasteiger partial charge in [-0.25, -0.2) is 9.97 Å². The third-order valence-electron chi connectivity index (χ3n) is 18.2. The van der Waals surface area contributed by atoms with E-state index in [0.717, 1.165) is 111 Å². The first-order valence-electron chi connectivity index (χ1n) is 29.2. The molecule has 12 aromatic carbocycles. The smallest absolute Gasteiger partial charge is 0.235 e. The van der Waals surface area contributed by atoms with E-state index in [1.807, 2.05) is 6.07 Å². The molecule has 18 rings (SSSR count). The van der Waals surface area contributed by atoms with E-state index in [0.29, 0.717) is 5.95 Å². The monoisotopic (exact) mass is 1090 g/mol. The minimum atomic E-state index is -0.168. The van der Waals surface area contributed by atoms with Crippen molar-refractivity contribution in [3.8, 4) is 73.2 Å². The lowest BCUT2D eigenvalue weighted by atomic mass is 9.81. The number of para-hydroxylation sites is 4. The summed E-state index contributed by atoms with van der Waals surface area (Å²) in [5.41, 5.74) is 24.2. The summed E-state index contributed by atoms with van der Waals surface area (Å²) in [6.07, 6.45) is 0. The first-order chi connectivity index (χ1) is 41.9. The highest BCUT2D eigenvalue weighted by molar-refractivity contribution is 6.20. The van der Waals surface area contributed by atoms with E-state index < -0.39 is 0 Å². The van der Waals surface area contributed by atoms with Crippen LogP contribution in [0.3, 0.4) is 0 Å². The molecular formula is C79H51N5O. The molecule has 17 aromatic rings. The molecule has 85 heavy (non-hydrogen) atoms. The van der Waals surface area contributed by atoms with Gasteiger partial charge in [-0.3, -0.25) is 4.57 Å². The number of rotatable bonds is 7. The summed E-state index contributed by atoms with van der Waals surface area (Å²) >= 11 is 0. The summed E-state index contributed by atoms with van der Waals surface area (Å²) in [7, 11) is 0. The van der Waals surface area contributed by atoms with Gasteiger partial charge in [0.05, 0.1) is 44.5 Å². The van der Waals surface area contributed by atoms with Crippen molar-refractivity contribution in [1.82, 2.24) is 23.7 Å². The summed E-state index contributed by atoms with van der Waals surface area (Å²) in [4.78, 5) is 10.9. The van der Waals surface area contributed by atoms with Crippen molar-refractivity contribution in [2.45, 2.75) is 19.3 Å². The van der Waals surface area contributed by atoms with E-state index in [9.17, 15) is 0 Å². The average Bonchev–Trinajstić information content (AvgIpc) is 1.75. The quantitative estimate of drug-likeness (QED) is 0.160. The summed E-state index contributed by atoms with van der Waals surface area (Å²) in [6, 6.07) is 99.1. The predicted molar refractivity (Wildman–Crippen MR) is 352 cm³/mol. The topological polar surface area (TPSA) is 53.7 Å². The zero-order valence-corrected chi connectivity index (χ0v) is 46.6. The zero-order chi connectivity index (χ0) is 56.1. The van der Waals surface area contributed by atoms with Crippen LogP contribution in [0.2, 0.25) is 0 Å². The number of fused-ring (bicyclic) bond motifs is 15. The Morgan fingerprint density at radius 2 is 0.718 bits per heavy atom. The maximum absolute atomic E-state index is 6.48. The van der Waals surface area contributed by atoms with Crippen molar-refractivity contribution in [2.75, 3.05) is 0 Å². The van der Waals surface area contributed by atoms with Gasteiger partial charge in [0.1, 0.15) is 11.2 Å². The third-order valence-corrected chi connectivity index (χ3v) is 18.2. The molecule has 5 aromatic heterocycles. The highest BCUT2D eigenvalue weighted by Gasteiger charge is 2.37. The fraction of sp³-hybridized carbons (Fsp3) is 0.0380. The maximum Gasteiger partial charge on any atom is 0.235 e. The van der Waals surface area contributed by atoms with Gasteiger partial charge in [-0.05, 0) is 154 Å². The summed E-state index contributed by atoms with van der Waals surface area (Å²) < 4.78 is 13.6. The Hall–Kier alpha value is -11.1. The average molecular weight is 1090 g/mol. The first-order valence-corrected chi connectivity index (χ1v) is 29.2. The van der Waals surface area contributed by atoms with Crippen LogP contribution >= 0.6 is 0 Å². The Morgan fingerprint density at radius 3 is 1.32 bits per heavy atom. The molecule has 1 aliphatic rings. The van der Waals surface area contributed by atoms with Gasteiger partial charge in [-0.15, -0.1) is 0 Å². The number of nitrogens with zero attached hydrogens (tertiary/aromatic N) is 5. The van der Waals surface area contributed by atoms with Gasteiger partial charge >= 0.3 is 0 Å². The van der Waals surface area contributed by atoms with Crippen LogP contribution in [0.25, 0.3) is 161 Å². The molecule has 0 saturated heterocycles. The van der Waals surface area contributed by atoms with Gasteiger partial charge in [-0.1, -0.05) is 178 Å². The lowest BCUT2D eigenvalue weighted by Crippen LogP contribution is -2.14. The number of benzene rings is 12. The molecule has 0 aliphatic heterocycles. The Bertz CT molecular complexity index is 5550. The normalized spacial score (nSPS) is 12.9. The molecule has 6 heteroatoms. The molecule has 0 fully saturated rings. The van der Waals surface area contributed by atoms with Crippen molar-refractivity contribution >= 4 is 87.4 Å². The predicted octanol–water partition coefficient (Wildman–Crippen LogP) is 20.6. The molecule has 0 N–H and O–H groups in total. The molecule has 0 unspecified atom stereocenters. The zero-order valence-electron chi connectivity index (χ0n) is 46.6. The molecule has 0 bridgehead atoms. The molecule has 6 nitrogen and oxygen atoms in total. The molecule has 0 spiro atoms. The minimum absolute atomic E-state index is 0.168. The van der Waals surface area contributed by atoms with Gasteiger partial charge in [0.2, 0.25) is 5.95 Å². The molecule has 0 radical (unpaired) electrons. The molecular weight excluding hydrogens is 1030 g/mol. The summed E-state index contributed by atoms with van der Waals surface area (Å²) in [6.45, 7) is 4.71. The lowest BCUT2D eigenvalue weighted by molar-refractivity contribution is 0.658. The Morgan fingerprint density at radius 1 is 0.282 bits per heavy atom. The highest BCUT2D eigenvalue weighted by Crippen LogP contribution is 2.52. The lowest BCUT2D eigenvalue weighted by Gasteiger charge is -2.21. The van der Waals surface area contributed by atoms with Crippen LogP contribution in [0.1, 0.15) is 25.0 Å².